The third-order valence-corrected chi connectivity index (χ3v) is 7.01. The number of likely N-dealkylation sites (tertiary alicyclic amines) is 1. The summed E-state index contributed by atoms with van der Waals surface area (Å²) in [6.45, 7) is 6.99. The zero-order valence-corrected chi connectivity index (χ0v) is 20.9. The third-order valence-electron chi connectivity index (χ3n) is 7.01. The first-order valence-corrected chi connectivity index (χ1v) is 13.0. The molecule has 37 heavy (non-hydrogen) atoms. The first kappa shape index (κ1) is 23.6. The van der Waals surface area contributed by atoms with Gasteiger partial charge in [0.2, 0.25) is 5.95 Å². The van der Waals surface area contributed by atoms with Gasteiger partial charge in [0.05, 0.1) is 30.1 Å². The number of hydrogen-bond acceptors (Lipinski definition) is 9. The van der Waals surface area contributed by atoms with Crippen LogP contribution in [-0.4, -0.2) is 77.3 Å². The van der Waals surface area contributed by atoms with Crippen molar-refractivity contribution in [3.63, 3.8) is 0 Å². The van der Waals surface area contributed by atoms with Crippen molar-refractivity contribution in [3.8, 4) is 22.5 Å². The van der Waals surface area contributed by atoms with Gasteiger partial charge in [-0.3, -0.25) is 0 Å². The molecule has 9 heteroatoms. The van der Waals surface area contributed by atoms with Crippen LogP contribution in [0.4, 0.5) is 17.6 Å². The summed E-state index contributed by atoms with van der Waals surface area (Å²) in [4.78, 5) is 24.0. The zero-order valence-electron chi connectivity index (χ0n) is 20.9. The summed E-state index contributed by atoms with van der Waals surface area (Å²) in [5.74, 6) is 2.00. The molecule has 2 aliphatic heterocycles. The molecular formula is C28H32N8O. The Labute approximate surface area is 216 Å². The summed E-state index contributed by atoms with van der Waals surface area (Å²) in [5.41, 5.74) is 10.3. The van der Waals surface area contributed by atoms with Crippen LogP contribution in [0.25, 0.3) is 33.4 Å². The molecule has 4 aromatic rings. The summed E-state index contributed by atoms with van der Waals surface area (Å²) in [7, 11) is 0. The first-order chi connectivity index (χ1) is 18.2. The second-order valence-corrected chi connectivity index (χ2v) is 9.56. The largest absolute Gasteiger partial charge is 0.384 e. The number of benzene rings is 1. The first-order valence-electron chi connectivity index (χ1n) is 13.0. The number of nitrogens with one attached hydrogen (secondary N) is 1. The minimum atomic E-state index is 0.481. The summed E-state index contributed by atoms with van der Waals surface area (Å²) < 4.78 is 5.57. The van der Waals surface area contributed by atoms with Gasteiger partial charge in [-0.25, -0.2) is 19.9 Å². The van der Waals surface area contributed by atoms with Gasteiger partial charge >= 0.3 is 0 Å². The van der Waals surface area contributed by atoms with Crippen LogP contribution in [0.15, 0.2) is 54.7 Å². The van der Waals surface area contributed by atoms with Gasteiger partial charge in [0.1, 0.15) is 11.6 Å². The van der Waals surface area contributed by atoms with Crippen molar-refractivity contribution in [3.05, 3.63) is 54.7 Å². The minimum Gasteiger partial charge on any atom is -0.384 e. The van der Waals surface area contributed by atoms with Crippen LogP contribution >= 0.6 is 0 Å². The fraction of sp³-hybridized carbons (Fsp3) is 0.357. The fourth-order valence-corrected chi connectivity index (χ4v) is 4.97. The Morgan fingerprint density at radius 2 is 1.70 bits per heavy atom. The molecule has 5 heterocycles. The average Bonchev–Trinajstić information content (AvgIpc) is 3.47. The van der Waals surface area contributed by atoms with Crippen molar-refractivity contribution >= 4 is 28.5 Å². The zero-order chi connectivity index (χ0) is 25.0. The van der Waals surface area contributed by atoms with E-state index in [9.17, 15) is 0 Å². The van der Waals surface area contributed by atoms with Gasteiger partial charge in [0.15, 0.2) is 0 Å². The minimum absolute atomic E-state index is 0.481. The fourth-order valence-electron chi connectivity index (χ4n) is 4.97. The Kier molecular flexibility index (Phi) is 6.79. The Morgan fingerprint density at radius 1 is 0.892 bits per heavy atom. The lowest BCUT2D eigenvalue weighted by Gasteiger charge is -2.27. The van der Waals surface area contributed by atoms with Crippen LogP contribution in [0.2, 0.25) is 0 Å². The summed E-state index contributed by atoms with van der Waals surface area (Å²) in [6, 6.07) is 16.2. The van der Waals surface area contributed by atoms with E-state index < -0.39 is 0 Å². The molecule has 0 radical (unpaired) electrons. The number of pyridine rings is 2. The highest BCUT2D eigenvalue weighted by molar-refractivity contribution is 5.89. The number of nitrogens with zero attached hydrogens (tertiary/aromatic N) is 6. The van der Waals surface area contributed by atoms with E-state index in [1.807, 2.05) is 24.3 Å². The van der Waals surface area contributed by atoms with Crippen molar-refractivity contribution in [1.82, 2.24) is 24.8 Å². The molecule has 0 unspecified atom stereocenters. The molecule has 0 amide bonds. The number of fused-ring (bicyclic) bond motifs is 1. The second-order valence-electron chi connectivity index (χ2n) is 9.56. The van der Waals surface area contributed by atoms with Gasteiger partial charge in [-0.05, 0) is 56.3 Å². The van der Waals surface area contributed by atoms with Crippen LogP contribution in [0.5, 0.6) is 0 Å². The Hall–Kier alpha value is -3.82. The third kappa shape index (κ3) is 5.33. The van der Waals surface area contributed by atoms with Crippen LogP contribution in [0, 0.1) is 0 Å². The smallest absolute Gasteiger partial charge is 0.226 e. The van der Waals surface area contributed by atoms with Crippen LogP contribution in [-0.2, 0) is 4.74 Å². The van der Waals surface area contributed by atoms with E-state index in [0.717, 1.165) is 65.4 Å². The lowest BCUT2D eigenvalue weighted by Crippen LogP contribution is -2.37. The van der Waals surface area contributed by atoms with Gasteiger partial charge in [0, 0.05) is 48.9 Å². The molecule has 0 bridgehead atoms. The van der Waals surface area contributed by atoms with Crippen molar-refractivity contribution in [2.45, 2.75) is 12.8 Å². The number of rotatable bonds is 7. The SMILES string of the molecule is Nc1ccc(-c2cc(-c3cc4ccccc4nc3NCCN3CCCC3)nc(N3CCOCC3)n2)cn1. The van der Waals surface area contributed by atoms with Crippen LogP contribution in [0.1, 0.15) is 12.8 Å². The van der Waals surface area contributed by atoms with E-state index in [1.165, 1.54) is 25.9 Å². The van der Waals surface area contributed by atoms with E-state index >= 15 is 0 Å². The molecule has 0 saturated carbocycles. The molecule has 0 atom stereocenters. The maximum atomic E-state index is 5.85. The van der Waals surface area contributed by atoms with Crippen LogP contribution < -0.4 is 16.0 Å². The molecule has 2 aliphatic rings. The number of nitrogen functional groups attached to an aromatic ring is 1. The van der Waals surface area contributed by atoms with Gasteiger partial charge < -0.3 is 25.6 Å². The van der Waals surface area contributed by atoms with Crippen molar-refractivity contribution in [2.24, 2.45) is 0 Å². The number of para-hydroxylation sites is 1. The lowest BCUT2D eigenvalue weighted by atomic mass is 10.1. The molecule has 3 N–H and O–H groups in total. The molecular weight excluding hydrogens is 464 g/mol. The highest BCUT2D eigenvalue weighted by Crippen LogP contribution is 2.33. The number of nitrogens with two attached hydrogens (primary N) is 1. The van der Waals surface area contributed by atoms with Crippen molar-refractivity contribution in [1.29, 1.82) is 0 Å². The molecule has 1 aromatic carbocycles. The normalized spacial score (nSPS) is 16.4. The molecule has 9 nitrogen and oxygen atoms in total. The highest BCUT2D eigenvalue weighted by atomic mass is 16.5. The molecule has 6 rings (SSSR count). The molecule has 0 spiro atoms. The van der Waals surface area contributed by atoms with Crippen molar-refractivity contribution in [2.75, 3.05) is 68.4 Å². The van der Waals surface area contributed by atoms with E-state index in [1.54, 1.807) is 12.3 Å². The van der Waals surface area contributed by atoms with E-state index in [0.29, 0.717) is 25.0 Å². The standard InChI is InChI=1S/C28H32N8O/c29-26-8-7-21(19-31-26)24-18-25(34-28(33-24)36-13-15-37-16-14-36)22-17-20-5-1-2-6-23(20)32-27(22)30-9-12-35-10-3-4-11-35/h1-2,5-8,17-19H,3-4,9-16H2,(H2,29,31)(H,30,32). The number of ether oxygens (including phenoxy) is 1. The molecule has 2 fully saturated rings. The molecule has 190 valence electrons. The Morgan fingerprint density at radius 3 is 2.51 bits per heavy atom. The molecule has 3 aromatic heterocycles. The molecule has 0 aliphatic carbocycles. The predicted molar refractivity (Wildman–Crippen MR) is 148 cm³/mol. The van der Waals surface area contributed by atoms with Gasteiger partial charge in [-0.2, -0.15) is 0 Å². The number of aromatic nitrogens is 4. The van der Waals surface area contributed by atoms with E-state index in [2.05, 4.69) is 38.3 Å². The lowest BCUT2D eigenvalue weighted by molar-refractivity contribution is 0.122. The maximum Gasteiger partial charge on any atom is 0.226 e. The van der Waals surface area contributed by atoms with E-state index in [4.69, 9.17) is 25.4 Å². The second kappa shape index (κ2) is 10.7. The quantitative estimate of drug-likeness (QED) is 0.396. The topological polar surface area (TPSA) is 105 Å². The Balaban J connectivity index is 1.43. The van der Waals surface area contributed by atoms with E-state index in [-0.39, 0.29) is 0 Å². The summed E-state index contributed by atoms with van der Waals surface area (Å²) in [5, 5.41) is 4.69. The summed E-state index contributed by atoms with van der Waals surface area (Å²) >= 11 is 0. The van der Waals surface area contributed by atoms with Gasteiger partial charge in [-0.15, -0.1) is 0 Å². The van der Waals surface area contributed by atoms with Gasteiger partial charge in [0.25, 0.3) is 0 Å². The monoisotopic (exact) mass is 496 g/mol. The number of morpholine rings is 1. The number of anilines is 3. The molecule has 2 saturated heterocycles. The van der Waals surface area contributed by atoms with Crippen LogP contribution in [0.3, 0.4) is 0 Å². The van der Waals surface area contributed by atoms with Gasteiger partial charge in [-0.1, -0.05) is 18.2 Å². The summed E-state index contributed by atoms with van der Waals surface area (Å²) in [6.07, 6.45) is 4.33. The predicted octanol–water partition coefficient (Wildman–Crippen LogP) is 3.68. The Bertz CT molecular complexity index is 1360. The maximum absolute atomic E-state index is 5.85. The van der Waals surface area contributed by atoms with Crippen molar-refractivity contribution < 1.29 is 4.74 Å². The average molecular weight is 497 g/mol. The highest BCUT2D eigenvalue weighted by Gasteiger charge is 2.20. The number of hydrogen-bond donors (Lipinski definition) is 2.